The number of anilines is 1. The summed E-state index contributed by atoms with van der Waals surface area (Å²) < 4.78 is 5.57. The van der Waals surface area contributed by atoms with Crippen LogP contribution in [0.3, 0.4) is 0 Å². The summed E-state index contributed by atoms with van der Waals surface area (Å²) in [6, 6.07) is 17.1. The molecule has 0 saturated heterocycles. The fourth-order valence-electron chi connectivity index (χ4n) is 2.10. The van der Waals surface area contributed by atoms with Crippen LogP contribution in [0.25, 0.3) is 0 Å². The molecular formula is C17H20N2O2. The molecule has 0 unspecified atom stereocenters. The summed E-state index contributed by atoms with van der Waals surface area (Å²) in [4.78, 5) is 14.0. The summed E-state index contributed by atoms with van der Waals surface area (Å²) in [5, 5.41) is 0. The minimum absolute atomic E-state index is 0.0107. The molecule has 2 aromatic rings. The Bertz CT molecular complexity index is 584. The number of nitrogens with zero attached hydrogens (tertiary/aromatic N) is 1. The van der Waals surface area contributed by atoms with Gasteiger partial charge in [-0.05, 0) is 36.8 Å². The highest BCUT2D eigenvalue weighted by atomic mass is 16.5. The molecule has 0 spiro atoms. The number of carbonyl (C=O) groups excluding carboxylic acids is 1. The Morgan fingerprint density at radius 2 is 1.90 bits per heavy atom. The summed E-state index contributed by atoms with van der Waals surface area (Å²) in [5.41, 5.74) is 7.45. The Balaban J connectivity index is 2.00. The van der Waals surface area contributed by atoms with Crippen LogP contribution in [-0.2, 0) is 11.3 Å². The molecule has 4 nitrogen and oxygen atoms in total. The zero-order valence-corrected chi connectivity index (χ0v) is 12.2. The molecule has 0 aliphatic rings. The van der Waals surface area contributed by atoms with Gasteiger partial charge in [-0.3, -0.25) is 4.79 Å². The normalized spacial score (nSPS) is 10.2. The van der Waals surface area contributed by atoms with Crippen LogP contribution in [0.1, 0.15) is 12.5 Å². The van der Waals surface area contributed by atoms with Crippen molar-refractivity contribution >= 4 is 11.6 Å². The van der Waals surface area contributed by atoms with E-state index in [1.54, 1.807) is 4.90 Å². The maximum Gasteiger partial charge on any atom is 0.264 e. The second-order valence-electron chi connectivity index (χ2n) is 4.61. The largest absolute Gasteiger partial charge is 0.484 e. The summed E-state index contributed by atoms with van der Waals surface area (Å²) in [6.07, 6.45) is 0. The zero-order chi connectivity index (χ0) is 15.1. The van der Waals surface area contributed by atoms with E-state index >= 15 is 0 Å². The first kappa shape index (κ1) is 15.1. The predicted molar refractivity (Wildman–Crippen MR) is 84.3 cm³/mol. The minimum Gasteiger partial charge on any atom is -0.484 e. The number of carbonyl (C=O) groups is 1. The van der Waals surface area contributed by atoms with Crippen molar-refractivity contribution in [2.24, 2.45) is 5.73 Å². The van der Waals surface area contributed by atoms with Crippen molar-refractivity contribution in [1.29, 1.82) is 0 Å². The van der Waals surface area contributed by atoms with Gasteiger partial charge >= 0.3 is 0 Å². The highest BCUT2D eigenvalue weighted by Crippen LogP contribution is 2.15. The van der Waals surface area contributed by atoms with Crippen LogP contribution in [-0.4, -0.2) is 19.1 Å². The van der Waals surface area contributed by atoms with E-state index in [0.717, 1.165) is 11.3 Å². The standard InChI is InChI=1S/C17H20N2O2/c1-2-19(15-8-4-3-5-9-15)17(20)13-21-16-10-6-7-14(11-16)12-18/h3-11H,2,12-13,18H2,1H3. The van der Waals surface area contributed by atoms with Gasteiger partial charge in [-0.25, -0.2) is 0 Å². The van der Waals surface area contributed by atoms with E-state index < -0.39 is 0 Å². The van der Waals surface area contributed by atoms with Crippen molar-refractivity contribution in [2.75, 3.05) is 18.1 Å². The third kappa shape index (κ3) is 4.07. The molecule has 2 N–H and O–H groups in total. The average Bonchev–Trinajstić information content (AvgIpc) is 2.55. The Hall–Kier alpha value is -2.33. The maximum absolute atomic E-state index is 12.3. The van der Waals surface area contributed by atoms with Crippen LogP contribution in [0.15, 0.2) is 54.6 Å². The molecule has 0 fully saturated rings. The molecule has 0 saturated carbocycles. The lowest BCUT2D eigenvalue weighted by molar-refractivity contribution is -0.120. The summed E-state index contributed by atoms with van der Waals surface area (Å²) in [7, 11) is 0. The van der Waals surface area contributed by atoms with Crippen molar-refractivity contribution in [3.63, 3.8) is 0 Å². The van der Waals surface area contributed by atoms with Crippen LogP contribution in [0.5, 0.6) is 5.75 Å². The van der Waals surface area contributed by atoms with Crippen molar-refractivity contribution in [3.8, 4) is 5.75 Å². The van der Waals surface area contributed by atoms with E-state index in [1.165, 1.54) is 0 Å². The Kier molecular flexibility index (Phi) is 5.35. The number of nitrogens with two attached hydrogens (primary N) is 1. The first-order valence-electron chi connectivity index (χ1n) is 7.01. The molecule has 0 bridgehead atoms. The van der Waals surface area contributed by atoms with Gasteiger partial charge in [0.2, 0.25) is 0 Å². The molecule has 2 rings (SSSR count). The molecular weight excluding hydrogens is 264 g/mol. The molecule has 0 aliphatic heterocycles. The topological polar surface area (TPSA) is 55.6 Å². The molecule has 2 aromatic carbocycles. The van der Waals surface area contributed by atoms with Crippen LogP contribution in [0, 0.1) is 0 Å². The molecule has 0 heterocycles. The summed E-state index contributed by atoms with van der Waals surface area (Å²) in [6.45, 7) is 3.02. The lowest BCUT2D eigenvalue weighted by atomic mass is 10.2. The number of hydrogen-bond donors (Lipinski definition) is 1. The third-order valence-corrected chi connectivity index (χ3v) is 3.18. The lowest BCUT2D eigenvalue weighted by Gasteiger charge is -2.21. The van der Waals surface area contributed by atoms with Crippen LogP contribution in [0.2, 0.25) is 0 Å². The van der Waals surface area contributed by atoms with Gasteiger partial charge in [-0.15, -0.1) is 0 Å². The van der Waals surface area contributed by atoms with Gasteiger partial charge < -0.3 is 15.4 Å². The van der Waals surface area contributed by atoms with Gasteiger partial charge in [0, 0.05) is 18.8 Å². The van der Waals surface area contributed by atoms with Crippen molar-refractivity contribution < 1.29 is 9.53 Å². The molecule has 4 heteroatoms. The molecule has 0 atom stereocenters. The smallest absolute Gasteiger partial charge is 0.264 e. The van der Waals surface area contributed by atoms with Gasteiger partial charge in [0.25, 0.3) is 5.91 Å². The van der Waals surface area contributed by atoms with Crippen LogP contribution < -0.4 is 15.4 Å². The molecule has 1 amide bonds. The Morgan fingerprint density at radius 1 is 1.14 bits per heavy atom. The van der Waals surface area contributed by atoms with Gasteiger partial charge in [-0.2, -0.15) is 0 Å². The SMILES string of the molecule is CCN(C(=O)COc1cccc(CN)c1)c1ccccc1. The van der Waals surface area contributed by atoms with Crippen LogP contribution in [0.4, 0.5) is 5.69 Å². The highest BCUT2D eigenvalue weighted by Gasteiger charge is 2.14. The molecule has 110 valence electrons. The maximum atomic E-state index is 12.3. The summed E-state index contributed by atoms with van der Waals surface area (Å²) >= 11 is 0. The average molecular weight is 284 g/mol. The Labute approximate surface area is 125 Å². The van der Waals surface area contributed by atoms with E-state index in [-0.39, 0.29) is 12.5 Å². The molecule has 0 aromatic heterocycles. The highest BCUT2D eigenvalue weighted by molar-refractivity contribution is 5.94. The van der Waals surface area contributed by atoms with E-state index in [2.05, 4.69) is 0 Å². The van der Waals surface area contributed by atoms with E-state index in [9.17, 15) is 4.79 Å². The number of rotatable bonds is 6. The zero-order valence-electron chi connectivity index (χ0n) is 12.2. The second-order valence-corrected chi connectivity index (χ2v) is 4.61. The second kappa shape index (κ2) is 7.45. The third-order valence-electron chi connectivity index (χ3n) is 3.18. The van der Waals surface area contributed by atoms with Gasteiger partial charge in [0.15, 0.2) is 6.61 Å². The van der Waals surface area contributed by atoms with E-state index in [1.807, 2.05) is 61.5 Å². The minimum atomic E-state index is -0.0677. The quantitative estimate of drug-likeness (QED) is 0.887. The van der Waals surface area contributed by atoms with E-state index in [0.29, 0.717) is 18.8 Å². The van der Waals surface area contributed by atoms with Crippen molar-refractivity contribution in [2.45, 2.75) is 13.5 Å². The van der Waals surface area contributed by atoms with Gasteiger partial charge in [0.1, 0.15) is 5.75 Å². The number of hydrogen-bond acceptors (Lipinski definition) is 3. The van der Waals surface area contributed by atoms with E-state index in [4.69, 9.17) is 10.5 Å². The fourth-order valence-corrected chi connectivity index (χ4v) is 2.10. The number of para-hydroxylation sites is 1. The Morgan fingerprint density at radius 3 is 2.57 bits per heavy atom. The molecule has 0 radical (unpaired) electrons. The molecule has 21 heavy (non-hydrogen) atoms. The number of ether oxygens (including phenoxy) is 1. The predicted octanol–water partition coefficient (Wildman–Crippen LogP) is 2.58. The number of benzene rings is 2. The van der Waals surface area contributed by atoms with Crippen LogP contribution >= 0.6 is 0 Å². The lowest BCUT2D eigenvalue weighted by Crippen LogP contribution is -2.34. The number of likely N-dealkylation sites (N-methyl/N-ethyl adjacent to an activating group) is 1. The molecule has 0 aliphatic carbocycles. The monoisotopic (exact) mass is 284 g/mol. The van der Waals surface area contributed by atoms with Gasteiger partial charge in [0.05, 0.1) is 0 Å². The first-order valence-corrected chi connectivity index (χ1v) is 7.01. The first-order chi connectivity index (χ1) is 10.2. The van der Waals surface area contributed by atoms with Gasteiger partial charge in [-0.1, -0.05) is 30.3 Å². The summed E-state index contributed by atoms with van der Waals surface area (Å²) in [5.74, 6) is 0.595. The van der Waals surface area contributed by atoms with Crippen molar-refractivity contribution in [3.05, 3.63) is 60.2 Å². The van der Waals surface area contributed by atoms with Crippen molar-refractivity contribution in [1.82, 2.24) is 0 Å². The number of amides is 1. The fraction of sp³-hybridized carbons (Fsp3) is 0.235.